The Morgan fingerprint density at radius 1 is 0.647 bits per heavy atom. The van der Waals surface area contributed by atoms with E-state index < -0.39 is 0 Å². The maximum absolute atomic E-state index is 5.06. The van der Waals surface area contributed by atoms with E-state index in [-0.39, 0.29) is 0 Å². The molecule has 0 aromatic heterocycles. The summed E-state index contributed by atoms with van der Waals surface area (Å²) in [6, 6.07) is 0. The summed E-state index contributed by atoms with van der Waals surface area (Å²) in [5.74, 6) is 0. The van der Waals surface area contributed by atoms with E-state index in [9.17, 15) is 0 Å². The third kappa shape index (κ3) is 6.95. The van der Waals surface area contributed by atoms with Gasteiger partial charge in [0.25, 0.3) is 0 Å². The molecule has 3 aliphatic heterocycles. The van der Waals surface area contributed by atoms with Crippen LogP contribution < -0.4 is 0 Å². The largest absolute Gasteiger partial charge is 0.382 e. The van der Waals surface area contributed by atoms with Crippen molar-refractivity contribution in [2.75, 3.05) is 79.9 Å². The molecule has 0 aliphatic carbocycles. The summed E-state index contributed by atoms with van der Waals surface area (Å²) in [7, 11) is 3.30. The van der Waals surface area contributed by atoms with Gasteiger partial charge in [0.15, 0.2) is 0 Å². The van der Waals surface area contributed by atoms with Crippen molar-refractivity contribution >= 4 is 0 Å². The number of fused-ring (bicyclic) bond motifs is 3. The van der Waals surface area contributed by atoms with Crippen molar-refractivity contribution in [3.63, 3.8) is 0 Å². The smallest absolute Gasteiger partial charge is 0.0701 e. The van der Waals surface area contributed by atoms with Gasteiger partial charge in [0.2, 0.25) is 0 Å². The molecule has 0 radical (unpaired) electrons. The van der Waals surface area contributed by atoms with Gasteiger partial charge in [0, 0.05) is 53.5 Å². The minimum Gasteiger partial charge on any atom is -0.382 e. The summed E-state index contributed by atoms with van der Waals surface area (Å²) in [5, 5.41) is 0. The molecule has 3 heterocycles. The van der Waals surface area contributed by atoms with Gasteiger partial charge in [-0.25, -0.2) is 0 Å². The second-order valence-corrected chi connectivity index (χ2v) is 4.28. The lowest BCUT2D eigenvalue weighted by Crippen LogP contribution is -2.55. The highest BCUT2D eigenvalue weighted by atomic mass is 16.5. The van der Waals surface area contributed by atoms with Gasteiger partial charge >= 0.3 is 0 Å². The number of piperazine rings is 3. The van der Waals surface area contributed by atoms with Crippen LogP contribution in [-0.4, -0.2) is 89.7 Å². The summed E-state index contributed by atoms with van der Waals surface area (Å²) >= 11 is 0. The minimum atomic E-state index is 0.653. The van der Waals surface area contributed by atoms with Crippen LogP contribution in [-0.2, 0) is 14.2 Å². The van der Waals surface area contributed by atoms with Crippen molar-refractivity contribution < 1.29 is 14.2 Å². The highest BCUT2D eigenvalue weighted by Gasteiger charge is 2.21. The second-order valence-electron chi connectivity index (χ2n) is 4.28. The van der Waals surface area contributed by atoms with Gasteiger partial charge in [0.1, 0.15) is 0 Å². The summed E-state index contributed by atoms with van der Waals surface area (Å²) in [6.07, 6.45) is 0. The molecule has 17 heavy (non-hydrogen) atoms. The lowest BCUT2D eigenvalue weighted by Gasteiger charge is -2.41. The minimum absolute atomic E-state index is 0.653. The van der Waals surface area contributed by atoms with Crippen LogP contribution in [0.5, 0.6) is 0 Å². The predicted octanol–water partition coefficient (Wildman–Crippen LogP) is -0.0866. The van der Waals surface area contributed by atoms with Crippen LogP contribution in [0.25, 0.3) is 0 Å². The normalized spacial score (nSPS) is 26.5. The van der Waals surface area contributed by atoms with E-state index >= 15 is 0 Å². The van der Waals surface area contributed by atoms with E-state index in [4.69, 9.17) is 14.2 Å². The van der Waals surface area contributed by atoms with Crippen molar-refractivity contribution in [2.24, 2.45) is 0 Å². The molecule has 0 aromatic rings. The first kappa shape index (κ1) is 14.9. The first-order valence-corrected chi connectivity index (χ1v) is 6.37. The van der Waals surface area contributed by atoms with Crippen molar-refractivity contribution in [3.8, 4) is 0 Å². The summed E-state index contributed by atoms with van der Waals surface area (Å²) < 4.78 is 14.6. The van der Waals surface area contributed by atoms with Gasteiger partial charge in [-0.3, -0.25) is 9.80 Å². The topological polar surface area (TPSA) is 34.2 Å². The first-order chi connectivity index (χ1) is 8.36. The Bertz CT molecular complexity index is 144. The standard InChI is InChI=1S/C6H12N2.C6H14O3/c1-2-8-5-3-7(1)4-6-8;1-7-3-5-9-6-4-8-2/h1-6H2;3-6H2,1-2H3. The molecule has 0 atom stereocenters. The lowest BCUT2D eigenvalue weighted by atomic mass is 10.2. The van der Waals surface area contributed by atoms with Crippen molar-refractivity contribution in [2.45, 2.75) is 0 Å². The van der Waals surface area contributed by atoms with Crippen LogP contribution in [0.4, 0.5) is 0 Å². The molecule has 0 amide bonds. The highest BCUT2D eigenvalue weighted by Crippen LogP contribution is 2.06. The zero-order chi connectivity index (χ0) is 12.3. The molecule has 0 unspecified atom stereocenters. The van der Waals surface area contributed by atoms with Gasteiger partial charge < -0.3 is 14.2 Å². The van der Waals surface area contributed by atoms with E-state index in [0.717, 1.165) is 0 Å². The second kappa shape index (κ2) is 9.79. The van der Waals surface area contributed by atoms with Crippen molar-refractivity contribution in [3.05, 3.63) is 0 Å². The van der Waals surface area contributed by atoms with Crippen LogP contribution >= 0.6 is 0 Å². The maximum Gasteiger partial charge on any atom is 0.0701 e. The molecule has 102 valence electrons. The Balaban J connectivity index is 0.000000170. The molecular weight excluding hydrogens is 220 g/mol. The van der Waals surface area contributed by atoms with Gasteiger partial charge in [0.05, 0.1) is 26.4 Å². The van der Waals surface area contributed by atoms with Crippen LogP contribution in [0.15, 0.2) is 0 Å². The number of methoxy groups -OCH3 is 2. The average Bonchev–Trinajstić information content (AvgIpc) is 2.42. The fourth-order valence-electron chi connectivity index (χ4n) is 1.91. The Hall–Kier alpha value is -0.200. The number of rotatable bonds is 6. The quantitative estimate of drug-likeness (QED) is 0.612. The van der Waals surface area contributed by atoms with Crippen molar-refractivity contribution in [1.82, 2.24) is 9.80 Å². The van der Waals surface area contributed by atoms with E-state index in [0.29, 0.717) is 26.4 Å². The van der Waals surface area contributed by atoms with Crippen LogP contribution in [0.1, 0.15) is 0 Å². The highest BCUT2D eigenvalue weighted by molar-refractivity contribution is 4.78. The molecule has 5 nitrogen and oxygen atoms in total. The fraction of sp³-hybridized carbons (Fsp3) is 1.00. The van der Waals surface area contributed by atoms with Crippen LogP contribution in [0.3, 0.4) is 0 Å². The Morgan fingerprint density at radius 2 is 1.00 bits per heavy atom. The van der Waals surface area contributed by atoms with E-state index in [1.54, 1.807) is 14.2 Å². The van der Waals surface area contributed by atoms with E-state index in [2.05, 4.69) is 9.80 Å². The summed E-state index contributed by atoms with van der Waals surface area (Å²) in [6.45, 7) is 10.5. The van der Waals surface area contributed by atoms with Crippen LogP contribution in [0, 0.1) is 0 Å². The first-order valence-electron chi connectivity index (χ1n) is 6.37. The number of hydrogen-bond donors (Lipinski definition) is 0. The third-order valence-corrected chi connectivity index (χ3v) is 3.06. The molecule has 0 spiro atoms. The zero-order valence-corrected chi connectivity index (χ0v) is 11.2. The molecule has 3 saturated heterocycles. The van der Waals surface area contributed by atoms with Crippen LogP contribution in [0.2, 0.25) is 0 Å². The Labute approximate surface area is 105 Å². The maximum atomic E-state index is 5.06. The average molecular weight is 246 g/mol. The molecule has 3 fully saturated rings. The van der Waals surface area contributed by atoms with E-state index in [1.165, 1.54) is 39.3 Å². The summed E-state index contributed by atoms with van der Waals surface area (Å²) in [4.78, 5) is 5.08. The number of ether oxygens (including phenoxy) is 3. The van der Waals surface area contributed by atoms with E-state index in [1.807, 2.05) is 0 Å². The van der Waals surface area contributed by atoms with Gasteiger partial charge in [-0.15, -0.1) is 0 Å². The molecular formula is C12H26N2O3. The third-order valence-electron chi connectivity index (χ3n) is 3.06. The molecule has 3 rings (SSSR count). The molecule has 3 aliphatic rings. The monoisotopic (exact) mass is 246 g/mol. The molecule has 0 aromatic carbocycles. The molecule has 2 bridgehead atoms. The predicted molar refractivity (Wildman–Crippen MR) is 67.5 cm³/mol. The zero-order valence-electron chi connectivity index (χ0n) is 11.2. The molecule has 0 N–H and O–H groups in total. The van der Waals surface area contributed by atoms with Crippen molar-refractivity contribution in [1.29, 1.82) is 0 Å². The number of hydrogen-bond acceptors (Lipinski definition) is 5. The van der Waals surface area contributed by atoms with Gasteiger partial charge in [-0.2, -0.15) is 0 Å². The van der Waals surface area contributed by atoms with Gasteiger partial charge in [-0.05, 0) is 0 Å². The summed E-state index contributed by atoms with van der Waals surface area (Å²) in [5.41, 5.74) is 0. The van der Waals surface area contributed by atoms with Gasteiger partial charge in [-0.1, -0.05) is 0 Å². The fourth-order valence-corrected chi connectivity index (χ4v) is 1.91. The SMILES string of the molecule is C1CN2CCN1CC2.COCCOCCOC. The number of nitrogens with zero attached hydrogens (tertiary/aromatic N) is 2. The Kier molecular flexibility index (Phi) is 8.56. The molecule has 0 saturated carbocycles. The lowest BCUT2D eigenvalue weighted by molar-refractivity contribution is 0.0385. The Morgan fingerprint density at radius 3 is 1.24 bits per heavy atom. The molecule has 5 heteroatoms.